The van der Waals surface area contributed by atoms with E-state index < -0.39 is 5.92 Å². The lowest BCUT2D eigenvalue weighted by atomic mass is 9.92. The van der Waals surface area contributed by atoms with Crippen molar-refractivity contribution in [2.24, 2.45) is 0 Å². The van der Waals surface area contributed by atoms with Gasteiger partial charge in [0.05, 0.1) is 34.6 Å². The molecule has 1 aromatic carbocycles. The molecule has 1 aliphatic rings. The molecule has 2 N–H and O–H groups in total. The van der Waals surface area contributed by atoms with E-state index in [1.54, 1.807) is 30.3 Å². The number of furan rings is 1. The maximum Gasteiger partial charge on any atom is 0.234 e. The lowest BCUT2D eigenvalue weighted by molar-refractivity contribution is -0.121. The Labute approximate surface area is 169 Å². The fourth-order valence-electron chi connectivity index (χ4n) is 2.63. The van der Waals surface area contributed by atoms with E-state index in [0.29, 0.717) is 32.1 Å². The number of rotatable bonds is 5. The number of carbonyl (C=O) groups is 2. The van der Waals surface area contributed by atoms with Crippen LogP contribution in [0.15, 0.2) is 51.6 Å². The summed E-state index contributed by atoms with van der Waals surface area (Å²) < 4.78 is 5.35. The van der Waals surface area contributed by atoms with Gasteiger partial charge in [0.15, 0.2) is 0 Å². The molecule has 27 heavy (non-hydrogen) atoms. The van der Waals surface area contributed by atoms with Crippen LogP contribution in [0.5, 0.6) is 0 Å². The number of carbonyl (C=O) groups excluding carboxylic acids is 2. The van der Waals surface area contributed by atoms with Gasteiger partial charge < -0.3 is 15.1 Å². The highest BCUT2D eigenvalue weighted by Gasteiger charge is 2.31. The zero-order valence-corrected chi connectivity index (χ0v) is 16.1. The number of anilines is 1. The predicted molar refractivity (Wildman–Crippen MR) is 104 cm³/mol. The number of benzene rings is 1. The van der Waals surface area contributed by atoms with Crippen molar-refractivity contribution in [3.63, 3.8) is 0 Å². The molecule has 1 atom stereocenters. The molecule has 0 bridgehead atoms. The van der Waals surface area contributed by atoms with E-state index >= 15 is 0 Å². The lowest BCUT2D eigenvalue weighted by Gasteiger charge is -2.23. The summed E-state index contributed by atoms with van der Waals surface area (Å²) in [5.74, 6) is -0.485. The van der Waals surface area contributed by atoms with E-state index in [-0.39, 0.29) is 24.0 Å². The zero-order chi connectivity index (χ0) is 19.4. The van der Waals surface area contributed by atoms with E-state index in [0.717, 1.165) is 11.8 Å². The minimum atomic E-state index is -0.462. The molecular weight excluding hydrogens is 409 g/mol. The Balaban J connectivity index is 1.72. The quantitative estimate of drug-likeness (QED) is 0.749. The van der Waals surface area contributed by atoms with Crippen molar-refractivity contribution in [2.75, 3.05) is 11.1 Å². The lowest BCUT2D eigenvalue weighted by Crippen LogP contribution is -2.31. The highest BCUT2D eigenvalue weighted by atomic mass is 35.5. The van der Waals surface area contributed by atoms with Gasteiger partial charge in [-0.2, -0.15) is 5.26 Å². The normalized spacial score (nSPS) is 16.6. The third kappa shape index (κ3) is 4.86. The van der Waals surface area contributed by atoms with Crippen LogP contribution < -0.4 is 10.6 Å². The number of hydrogen-bond donors (Lipinski definition) is 2. The second kappa shape index (κ2) is 8.53. The zero-order valence-electron chi connectivity index (χ0n) is 13.8. The van der Waals surface area contributed by atoms with Crippen molar-refractivity contribution < 1.29 is 14.0 Å². The monoisotopic (exact) mass is 421 g/mol. The molecule has 1 aliphatic heterocycles. The first-order chi connectivity index (χ1) is 13.0. The summed E-state index contributed by atoms with van der Waals surface area (Å²) in [7, 11) is 0. The number of nitriles is 1. The molecule has 9 heteroatoms. The molecule has 0 spiro atoms. The van der Waals surface area contributed by atoms with Gasteiger partial charge >= 0.3 is 0 Å². The number of amides is 2. The van der Waals surface area contributed by atoms with E-state index in [9.17, 15) is 14.9 Å². The topological polar surface area (TPSA) is 95.1 Å². The summed E-state index contributed by atoms with van der Waals surface area (Å²) in [5.41, 5.74) is 0.835. The highest BCUT2D eigenvalue weighted by molar-refractivity contribution is 8.03. The number of halogens is 2. The van der Waals surface area contributed by atoms with Crippen LogP contribution >= 0.6 is 35.0 Å². The Morgan fingerprint density at radius 2 is 2.11 bits per heavy atom. The Hall–Kier alpha value is -2.40. The molecular formula is C18H13Cl2N3O3S. The molecule has 6 nitrogen and oxygen atoms in total. The van der Waals surface area contributed by atoms with Gasteiger partial charge in [0.25, 0.3) is 0 Å². The van der Waals surface area contributed by atoms with Gasteiger partial charge in [0.2, 0.25) is 11.8 Å². The number of nitrogens with zero attached hydrogens (tertiary/aromatic N) is 1. The molecule has 2 aromatic rings. The number of nitrogens with one attached hydrogen (secondary N) is 2. The summed E-state index contributed by atoms with van der Waals surface area (Å²) in [6, 6.07) is 10.2. The van der Waals surface area contributed by atoms with Gasteiger partial charge in [-0.05, 0) is 30.3 Å². The average molecular weight is 422 g/mol. The number of thioether (sulfide) groups is 1. The van der Waals surface area contributed by atoms with E-state index in [1.807, 2.05) is 0 Å². The summed E-state index contributed by atoms with van der Waals surface area (Å²) in [4.78, 5) is 24.2. The van der Waals surface area contributed by atoms with Crippen molar-refractivity contribution in [3.05, 3.63) is 63.0 Å². The molecule has 2 heterocycles. The van der Waals surface area contributed by atoms with E-state index in [4.69, 9.17) is 27.6 Å². The van der Waals surface area contributed by atoms with Gasteiger partial charge in [0.1, 0.15) is 5.76 Å². The molecule has 3 rings (SSSR count). The molecule has 0 saturated carbocycles. The largest absolute Gasteiger partial charge is 0.469 e. The molecule has 0 radical (unpaired) electrons. The Kier molecular flexibility index (Phi) is 6.11. The highest BCUT2D eigenvalue weighted by Crippen LogP contribution is 2.36. The van der Waals surface area contributed by atoms with Crippen LogP contribution in [-0.4, -0.2) is 17.6 Å². The van der Waals surface area contributed by atoms with Gasteiger partial charge in [-0.15, -0.1) is 0 Å². The van der Waals surface area contributed by atoms with E-state index in [1.165, 1.54) is 6.26 Å². The van der Waals surface area contributed by atoms with Gasteiger partial charge in [0, 0.05) is 22.2 Å². The summed E-state index contributed by atoms with van der Waals surface area (Å²) >= 11 is 12.9. The molecule has 0 unspecified atom stereocenters. The SMILES string of the molecule is N#CC1=C(SCC(=O)Nc2cc(Cl)cc(Cl)c2)NC(=O)C[C@H]1c1ccco1. The van der Waals surface area contributed by atoms with Crippen LogP contribution in [-0.2, 0) is 9.59 Å². The number of hydrogen-bond acceptors (Lipinski definition) is 5. The third-order valence-corrected chi connectivity index (χ3v) is 5.19. The summed E-state index contributed by atoms with van der Waals surface area (Å²) in [6.07, 6.45) is 1.61. The van der Waals surface area contributed by atoms with E-state index in [2.05, 4.69) is 16.7 Å². The first-order valence-corrected chi connectivity index (χ1v) is 9.56. The molecule has 0 aliphatic carbocycles. The van der Waals surface area contributed by atoms with Crippen molar-refractivity contribution in [2.45, 2.75) is 12.3 Å². The molecule has 138 valence electrons. The Morgan fingerprint density at radius 1 is 1.37 bits per heavy atom. The first-order valence-electron chi connectivity index (χ1n) is 7.82. The van der Waals surface area contributed by atoms with Gasteiger partial charge in [-0.3, -0.25) is 9.59 Å². The van der Waals surface area contributed by atoms with Gasteiger partial charge in [-0.1, -0.05) is 35.0 Å². The minimum Gasteiger partial charge on any atom is -0.469 e. The summed E-state index contributed by atoms with van der Waals surface area (Å²) in [5, 5.41) is 16.0. The number of allylic oxidation sites excluding steroid dienone is 1. The van der Waals surface area contributed by atoms with Crippen molar-refractivity contribution in [1.82, 2.24) is 5.32 Å². The third-order valence-electron chi connectivity index (χ3n) is 3.74. The van der Waals surface area contributed by atoms with Crippen molar-refractivity contribution in [1.29, 1.82) is 5.26 Å². The second-order valence-corrected chi connectivity index (χ2v) is 7.53. The minimum absolute atomic E-state index is 0.00417. The van der Waals surface area contributed by atoms with Gasteiger partial charge in [-0.25, -0.2) is 0 Å². The first kappa shape index (κ1) is 19.4. The predicted octanol–water partition coefficient (Wildman–Crippen LogP) is 4.30. The molecule has 1 aromatic heterocycles. The maximum atomic E-state index is 12.2. The van der Waals surface area contributed by atoms with Crippen LogP contribution in [0.4, 0.5) is 5.69 Å². The maximum absolute atomic E-state index is 12.2. The average Bonchev–Trinajstić information content (AvgIpc) is 3.13. The molecule has 0 fully saturated rings. The van der Waals surface area contributed by atoms with Crippen molar-refractivity contribution >= 4 is 52.5 Å². The van der Waals surface area contributed by atoms with Crippen LogP contribution in [0.25, 0.3) is 0 Å². The standard InChI is InChI=1S/C18H13Cl2N3O3S/c19-10-4-11(20)6-12(5-10)22-17(25)9-27-18-14(8-21)13(7-16(24)23-18)15-2-1-3-26-15/h1-6,13H,7,9H2,(H,22,25)(H,23,24)/t13-/m1/s1. The molecule has 2 amide bonds. The van der Waals surface area contributed by atoms with Crippen LogP contribution in [0, 0.1) is 11.3 Å². The fraction of sp³-hybridized carbons (Fsp3) is 0.167. The fourth-order valence-corrected chi connectivity index (χ4v) is 4.03. The van der Waals surface area contributed by atoms with Crippen molar-refractivity contribution in [3.8, 4) is 6.07 Å². The second-order valence-electron chi connectivity index (χ2n) is 5.67. The molecule has 0 saturated heterocycles. The Morgan fingerprint density at radius 3 is 2.74 bits per heavy atom. The Bertz CT molecular complexity index is 931. The smallest absolute Gasteiger partial charge is 0.234 e. The summed E-state index contributed by atoms with van der Waals surface area (Å²) in [6.45, 7) is 0. The van der Waals surface area contributed by atoms with Crippen LogP contribution in [0.3, 0.4) is 0 Å². The van der Waals surface area contributed by atoms with Crippen LogP contribution in [0.2, 0.25) is 10.0 Å². The van der Waals surface area contributed by atoms with Crippen LogP contribution in [0.1, 0.15) is 18.1 Å².